The van der Waals surface area contributed by atoms with Crippen molar-refractivity contribution in [3.05, 3.63) is 60.7 Å². The number of anilines is 2. The predicted molar refractivity (Wildman–Crippen MR) is 145 cm³/mol. The summed E-state index contributed by atoms with van der Waals surface area (Å²) < 4.78 is 21.1. The van der Waals surface area contributed by atoms with E-state index in [0.29, 0.717) is 36.1 Å². The SMILES string of the molecule is COC(=O)[C@H](CCSCC[C@@H](Nc1nnc(-c2ccccc2)o1)C(=O)OC)Nc1nnc(-c2ccccc2)o1. The first kappa shape index (κ1) is 27.6. The molecule has 4 rings (SSSR count). The molecule has 0 amide bonds. The Morgan fingerprint density at radius 3 is 1.51 bits per heavy atom. The molecule has 39 heavy (non-hydrogen) atoms. The molecule has 0 saturated heterocycles. The maximum absolute atomic E-state index is 12.3. The van der Waals surface area contributed by atoms with Crippen LogP contribution in [0.3, 0.4) is 0 Å². The average molecular weight is 553 g/mol. The van der Waals surface area contributed by atoms with E-state index in [4.69, 9.17) is 18.3 Å². The lowest BCUT2D eigenvalue weighted by molar-refractivity contribution is -0.142. The Kier molecular flexibility index (Phi) is 9.89. The van der Waals surface area contributed by atoms with Crippen LogP contribution in [0.5, 0.6) is 0 Å². The molecule has 12 nitrogen and oxygen atoms in total. The molecule has 0 unspecified atom stereocenters. The van der Waals surface area contributed by atoms with Crippen LogP contribution in [-0.4, -0.2) is 70.1 Å². The Hall–Kier alpha value is -4.39. The fourth-order valence-corrected chi connectivity index (χ4v) is 4.55. The van der Waals surface area contributed by atoms with Crippen LogP contribution >= 0.6 is 11.8 Å². The van der Waals surface area contributed by atoms with E-state index in [0.717, 1.165) is 11.1 Å². The number of carbonyl (C=O) groups is 2. The number of nitrogens with one attached hydrogen (secondary N) is 2. The summed E-state index contributed by atoms with van der Waals surface area (Å²) in [7, 11) is 2.64. The van der Waals surface area contributed by atoms with Crippen molar-refractivity contribution < 1.29 is 27.9 Å². The van der Waals surface area contributed by atoms with Gasteiger partial charge in [-0.1, -0.05) is 46.6 Å². The van der Waals surface area contributed by atoms with Crippen molar-refractivity contribution in [2.45, 2.75) is 24.9 Å². The van der Waals surface area contributed by atoms with E-state index in [1.807, 2.05) is 60.7 Å². The van der Waals surface area contributed by atoms with E-state index in [2.05, 4.69) is 31.0 Å². The zero-order valence-electron chi connectivity index (χ0n) is 21.4. The Labute approximate surface area is 228 Å². The van der Waals surface area contributed by atoms with Crippen molar-refractivity contribution in [2.24, 2.45) is 0 Å². The molecule has 0 aliphatic carbocycles. The number of ether oxygens (including phenoxy) is 2. The summed E-state index contributed by atoms with van der Waals surface area (Å²) in [5, 5.41) is 21.9. The average Bonchev–Trinajstić information content (AvgIpc) is 3.66. The van der Waals surface area contributed by atoms with E-state index >= 15 is 0 Å². The van der Waals surface area contributed by atoms with Crippen LogP contribution < -0.4 is 10.6 Å². The summed E-state index contributed by atoms with van der Waals surface area (Å²) in [4.78, 5) is 24.6. The molecular weight excluding hydrogens is 524 g/mol. The van der Waals surface area contributed by atoms with Gasteiger partial charge < -0.3 is 28.9 Å². The summed E-state index contributed by atoms with van der Waals surface area (Å²) in [5.41, 5.74) is 1.54. The highest BCUT2D eigenvalue weighted by Gasteiger charge is 2.24. The highest BCUT2D eigenvalue weighted by molar-refractivity contribution is 7.99. The van der Waals surface area contributed by atoms with Crippen LogP contribution in [0.25, 0.3) is 22.9 Å². The Bertz CT molecular complexity index is 1230. The third-order valence-corrected chi connectivity index (χ3v) is 6.61. The lowest BCUT2D eigenvalue weighted by Gasteiger charge is -2.16. The molecule has 0 radical (unpaired) electrons. The fraction of sp³-hybridized carbons (Fsp3) is 0.308. The van der Waals surface area contributed by atoms with Crippen LogP contribution in [0.4, 0.5) is 12.0 Å². The lowest BCUT2D eigenvalue weighted by atomic mass is 10.2. The van der Waals surface area contributed by atoms with Gasteiger partial charge in [-0.15, -0.1) is 10.2 Å². The Morgan fingerprint density at radius 2 is 1.13 bits per heavy atom. The van der Waals surface area contributed by atoms with Gasteiger partial charge in [0.1, 0.15) is 12.1 Å². The zero-order valence-corrected chi connectivity index (χ0v) is 22.2. The number of thioether (sulfide) groups is 1. The van der Waals surface area contributed by atoms with E-state index < -0.39 is 24.0 Å². The van der Waals surface area contributed by atoms with Crippen molar-refractivity contribution >= 4 is 35.7 Å². The minimum absolute atomic E-state index is 0.124. The fourth-order valence-electron chi connectivity index (χ4n) is 3.54. The molecule has 2 atom stereocenters. The molecule has 204 valence electrons. The first-order chi connectivity index (χ1) is 19.1. The maximum atomic E-state index is 12.3. The van der Waals surface area contributed by atoms with Gasteiger partial charge in [-0.05, 0) is 48.6 Å². The summed E-state index contributed by atoms with van der Waals surface area (Å²) in [6.07, 6.45) is 0.863. The van der Waals surface area contributed by atoms with Crippen molar-refractivity contribution in [1.82, 2.24) is 20.4 Å². The topological polar surface area (TPSA) is 154 Å². The molecule has 2 N–H and O–H groups in total. The van der Waals surface area contributed by atoms with Crippen molar-refractivity contribution in [3.63, 3.8) is 0 Å². The molecule has 0 fully saturated rings. The second-order valence-corrected chi connectivity index (χ2v) is 9.41. The second-order valence-electron chi connectivity index (χ2n) is 8.19. The molecule has 4 aromatic rings. The van der Waals surface area contributed by atoms with Gasteiger partial charge in [0.15, 0.2) is 0 Å². The Morgan fingerprint density at radius 1 is 0.718 bits per heavy atom. The molecule has 0 aliphatic heterocycles. The molecule has 2 heterocycles. The van der Waals surface area contributed by atoms with Gasteiger partial charge in [0.2, 0.25) is 11.8 Å². The molecule has 0 bridgehead atoms. The number of aromatic nitrogens is 4. The summed E-state index contributed by atoms with van der Waals surface area (Å²) in [6, 6.07) is 17.5. The number of carbonyl (C=O) groups excluding carboxylic acids is 2. The van der Waals surface area contributed by atoms with Crippen LogP contribution in [0.2, 0.25) is 0 Å². The molecular formula is C26H28N6O6S. The molecule has 2 aromatic carbocycles. The normalized spacial score (nSPS) is 12.4. The minimum Gasteiger partial charge on any atom is -0.467 e. The van der Waals surface area contributed by atoms with Gasteiger partial charge in [-0.3, -0.25) is 0 Å². The van der Waals surface area contributed by atoms with Gasteiger partial charge in [0.05, 0.1) is 14.2 Å². The highest BCUT2D eigenvalue weighted by atomic mass is 32.2. The monoisotopic (exact) mass is 552 g/mol. The number of hydrogen-bond acceptors (Lipinski definition) is 13. The predicted octanol–water partition coefficient (Wildman–Crippen LogP) is 3.91. The summed E-state index contributed by atoms with van der Waals surface area (Å²) in [5.74, 6) is 0.978. The number of esters is 2. The number of benzene rings is 2. The van der Waals surface area contributed by atoms with E-state index in [9.17, 15) is 9.59 Å². The van der Waals surface area contributed by atoms with E-state index in [1.165, 1.54) is 14.2 Å². The molecule has 0 spiro atoms. The van der Waals surface area contributed by atoms with Crippen LogP contribution in [-0.2, 0) is 19.1 Å². The molecule has 0 aliphatic rings. The van der Waals surface area contributed by atoms with Gasteiger partial charge in [-0.2, -0.15) is 11.8 Å². The standard InChI is InChI=1S/C26H28N6O6S/c1-35-23(33)19(27-25-31-29-21(37-25)17-9-5-3-6-10-17)13-15-39-16-14-20(24(34)36-2)28-26-32-30-22(38-26)18-11-7-4-8-12-18/h3-12,19-20H,13-16H2,1-2H3,(H,27,31)(H,28,32)/t19-,20+. The second kappa shape index (κ2) is 14.0. The zero-order chi connectivity index (χ0) is 27.5. The molecule has 13 heteroatoms. The maximum Gasteiger partial charge on any atom is 0.328 e. The van der Waals surface area contributed by atoms with Gasteiger partial charge in [-0.25, -0.2) is 9.59 Å². The minimum atomic E-state index is -0.684. The quantitative estimate of drug-likeness (QED) is 0.172. The van der Waals surface area contributed by atoms with Crippen molar-refractivity contribution in [3.8, 4) is 22.9 Å². The number of nitrogens with zero attached hydrogens (tertiary/aromatic N) is 4. The van der Waals surface area contributed by atoms with Gasteiger partial charge >= 0.3 is 24.0 Å². The van der Waals surface area contributed by atoms with E-state index in [-0.39, 0.29) is 12.0 Å². The van der Waals surface area contributed by atoms with Crippen LogP contribution in [0.15, 0.2) is 69.5 Å². The number of rotatable bonds is 14. The van der Waals surface area contributed by atoms with Gasteiger partial charge in [0, 0.05) is 11.1 Å². The summed E-state index contributed by atoms with van der Waals surface area (Å²) >= 11 is 1.56. The smallest absolute Gasteiger partial charge is 0.328 e. The highest BCUT2D eigenvalue weighted by Crippen LogP contribution is 2.22. The van der Waals surface area contributed by atoms with Crippen molar-refractivity contribution in [1.29, 1.82) is 0 Å². The first-order valence-corrected chi connectivity index (χ1v) is 13.3. The van der Waals surface area contributed by atoms with Crippen molar-refractivity contribution in [2.75, 3.05) is 36.4 Å². The summed E-state index contributed by atoms with van der Waals surface area (Å²) in [6.45, 7) is 0. The van der Waals surface area contributed by atoms with Gasteiger partial charge in [0.25, 0.3) is 0 Å². The van der Waals surface area contributed by atoms with Crippen LogP contribution in [0, 0.1) is 0 Å². The Balaban J connectivity index is 1.27. The van der Waals surface area contributed by atoms with E-state index in [1.54, 1.807) is 11.8 Å². The number of hydrogen-bond donors (Lipinski definition) is 2. The number of methoxy groups -OCH3 is 2. The van der Waals surface area contributed by atoms with Crippen LogP contribution in [0.1, 0.15) is 12.8 Å². The third kappa shape index (κ3) is 7.80. The molecule has 2 aromatic heterocycles. The third-order valence-electron chi connectivity index (χ3n) is 5.56. The lowest BCUT2D eigenvalue weighted by Crippen LogP contribution is -2.32. The first-order valence-electron chi connectivity index (χ1n) is 12.1. The largest absolute Gasteiger partial charge is 0.467 e. The molecule has 0 saturated carbocycles.